The molecule has 0 aromatic heterocycles. The summed E-state index contributed by atoms with van der Waals surface area (Å²) >= 11 is 0. The van der Waals surface area contributed by atoms with E-state index in [1.807, 2.05) is 6.92 Å². The van der Waals surface area contributed by atoms with Crippen LogP contribution in [-0.2, 0) is 14.3 Å². The molecule has 0 bridgehead atoms. The summed E-state index contributed by atoms with van der Waals surface area (Å²) in [5, 5.41) is 5.09. The number of nitrogens with one attached hydrogen (secondary N) is 2. The van der Waals surface area contributed by atoms with Gasteiger partial charge in [0.1, 0.15) is 12.3 Å². The molecule has 2 amide bonds. The maximum Gasteiger partial charge on any atom is 0.338 e. The topological polar surface area (TPSA) is 102 Å². The van der Waals surface area contributed by atoms with Gasteiger partial charge in [0.05, 0.1) is 5.56 Å². The summed E-state index contributed by atoms with van der Waals surface area (Å²) in [6, 6.07) is 5.11. The quantitative estimate of drug-likeness (QED) is 0.542. The van der Waals surface area contributed by atoms with Gasteiger partial charge < -0.3 is 15.4 Å². The number of amides is 2. The minimum absolute atomic E-state index is 0.233. The van der Waals surface area contributed by atoms with Gasteiger partial charge in [0.2, 0.25) is 5.91 Å². The molecule has 124 valence electrons. The van der Waals surface area contributed by atoms with Crippen molar-refractivity contribution in [2.75, 3.05) is 13.2 Å². The van der Waals surface area contributed by atoms with Crippen LogP contribution in [0, 0.1) is 0 Å². The summed E-state index contributed by atoms with van der Waals surface area (Å²) in [6.45, 7) is 3.51. The van der Waals surface area contributed by atoms with Crippen LogP contribution in [0.25, 0.3) is 0 Å². The van der Waals surface area contributed by atoms with Gasteiger partial charge in [0.15, 0.2) is 6.61 Å². The molecule has 23 heavy (non-hydrogen) atoms. The van der Waals surface area contributed by atoms with E-state index in [-0.39, 0.29) is 11.5 Å². The lowest BCUT2D eigenvalue weighted by Crippen LogP contribution is -2.46. The van der Waals surface area contributed by atoms with Crippen LogP contribution in [0.1, 0.15) is 41.0 Å². The molecule has 1 aromatic rings. The normalized spacial score (nSPS) is 11.2. The average molecular weight is 320 g/mol. The van der Waals surface area contributed by atoms with Gasteiger partial charge in [-0.1, -0.05) is 19.1 Å². The number of carbonyl (C=O) groups excluding carboxylic acids is 4. The number of esters is 1. The van der Waals surface area contributed by atoms with Crippen molar-refractivity contribution in [2.24, 2.45) is 0 Å². The van der Waals surface area contributed by atoms with Crippen LogP contribution in [0.2, 0.25) is 0 Å². The third kappa shape index (κ3) is 6.29. The summed E-state index contributed by atoms with van der Waals surface area (Å²) in [5.41, 5.74) is 0.670. The van der Waals surface area contributed by atoms with Crippen molar-refractivity contribution in [3.8, 4) is 0 Å². The van der Waals surface area contributed by atoms with E-state index in [9.17, 15) is 19.2 Å². The Morgan fingerprint density at radius 3 is 2.43 bits per heavy atom. The summed E-state index contributed by atoms with van der Waals surface area (Å²) in [7, 11) is 0. The Labute approximate surface area is 134 Å². The van der Waals surface area contributed by atoms with E-state index >= 15 is 0 Å². The van der Waals surface area contributed by atoms with Crippen LogP contribution in [0.15, 0.2) is 24.3 Å². The summed E-state index contributed by atoms with van der Waals surface area (Å²) in [6.07, 6.45) is 1.46. The third-order valence-corrected chi connectivity index (χ3v) is 2.94. The van der Waals surface area contributed by atoms with Gasteiger partial charge in [-0.2, -0.15) is 0 Å². The third-order valence-electron chi connectivity index (χ3n) is 2.94. The van der Waals surface area contributed by atoms with Crippen LogP contribution >= 0.6 is 0 Å². The van der Waals surface area contributed by atoms with Crippen molar-refractivity contribution >= 4 is 24.1 Å². The van der Waals surface area contributed by atoms with Crippen LogP contribution in [0.4, 0.5) is 0 Å². The Kier molecular flexibility index (Phi) is 7.45. The largest absolute Gasteiger partial charge is 0.452 e. The number of carbonyl (C=O) groups is 4. The standard InChI is InChI=1S/C16H20N2O5/c1-3-8-17-15(21)11(2)18-14(20)10-23-16(22)13-6-4-12(9-19)5-7-13/h4-7,9,11H,3,8,10H2,1-2H3,(H,17,21)(H,18,20)/t11-/m0/s1. The number of hydrogen-bond acceptors (Lipinski definition) is 5. The highest BCUT2D eigenvalue weighted by atomic mass is 16.5. The molecule has 0 aliphatic heterocycles. The second-order valence-corrected chi connectivity index (χ2v) is 4.90. The molecule has 7 heteroatoms. The second-order valence-electron chi connectivity index (χ2n) is 4.90. The Morgan fingerprint density at radius 2 is 1.87 bits per heavy atom. The predicted molar refractivity (Wildman–Crippen MR) is 83.0 cm³/mol. The fraction of sp³-hybridized carbons (Fsp3) is 0.375. The molecule has 0 saturated carbocycles. The fourth-order valence-corrected chi connectivity index (χ4v) is 1.66. The van der Waals surface area contributed by atoms with E-state index in [4.69, 9.17) is 4.74 Å². The van der Waals surface area contributed by atoms with E-state index < -0.39 is 24.5 Å². The molecular weight excluding hydrogens is 300 g/mol. The first-order valence-electron chi connectivity index (χ1n) is 7.27. The van der Waals surface area contributed by atoms with Gasteiger partial charge in [-0.05, 0) is 25.5 Å². The van der Waals surface area contributed by atoms with E-state index in [1.54, 1.807) is 6.92 Å². The fourth-order valence-electron chi connectivity index (χ4n) is 1.66. The first kappa shape index (κ1) is 18.3. The minimum Gasteiger partial charge on any atom is -0.452 e. The summed E-state index contributed by atoms with van der Waals surface area (Å²) in [5.74, 6) is -1.54. The first-order valence-corrected chi connectivity index (χ1v) is 7.27. The number of rotatable bonds is 8. The highest BCUT2D eigenvalue weighted by molar-refractivity contribution is 5.93. The summed E-state index contributed by atoms with van der Waals surface area (Å²) < 4.78 is 4.85. The smallest absolute Gasteiger partial charge is 0.338 e. The van der Waals surface area contributed by atoms with Crippen LogP contribution in [0.5, 0.6) is 0 Å². The minimum atomic E-state index is -0.709. The Morgan fingerprint density at radius 1 is 1.22 bits per heavy atom. The molecule has 0 saturated heterocycles. The molecule has 0 unspecified atom stereocenters. The lowest BCUT2D eigenvalue weighted by atomic mass is 10.1. The molecule has 0 heterocycles. The molecular formula is C16H20N2O5. The number of ether oxygens (including phenoxy) is 1. The Hall–Kier alpha value is -2.70. The first-order chi connectivity index (χ1) is 11.0. The van der Waals surface area contributed by atoms with Crippen molar-refractivity contribution in [3.05, 3.63) is 35.4 Å². The van der Waals surface area contributed by atoms with Crippen LogP contribution < -0.4 is 10.6 Å². The number of benzene rings is 1. The SMILES string of the molecule is CCCNC(=O)[C@H](C)NC(=O)COC(=O)c1ccc(C=O)cc1. The molecule has 0 aliphatic carbocycles. The van der Waals surface area contributed by atoms with Gasteiger partial charge in [-0.3, -0.25) is 14.4 Å². The van der Waals surface area contributed by atoms with Gasteiger partial charge in [-0.15, -0.1) is 0 Å². The number of aldehydes is 1. The van der Waals surface area contributed by atoms with Crippen molar-refractivity contribution < 1.29 is 23.9 Å². The maximum absolute atomic E-state index is 11.7. The average Bonchev–Trinajstić information content (AvgIpc) is 2.57. The van der Waals surface area contributed by atoms with Gasteiger partial charge in [0, 0.05) is 12.1 Å². The number of hydrogen-bond donors (Lipinski definition) is 2. The highest BCUT2D eigenvalue weighted by Crippen LogP contribution is 2.04. The van der Waals surface area contributed by atoms with E-state index in [2.05, 4.69) is 10.6 Å². The zero-order valence-electron chi connectivity index (χ0n) is 13.1. The monoisotopic (exact) mass is 320 g/mol. The molecule has 0 fully saturated rings. The zero-order valence-corrected chi connectivity index (χ0v) is 13.1. The van der Waals surface area contributed by atoms with E-state index in [0.717, 1.165) is 6.42 Å². The summed E-state index contributed by atoms with van der Waals surface area (Å²) in [4.78, 5) is 45.5. The molecule has 0 radical (unpaired) electrons. The van der Waals surface area contributed by atoms with Crippen molar-refractivity contribution in [3.63, 3.8) is 0 Å². The molecule has 1 aromatic carbocycles. The molecule has 1 rings (SSSR count). The molecule has 2 N–H and O–H groups in total. The van der Waals surface area contributed by atoms with Crippen LogP contribution in [0.3, 0.4) is 0 Å². The Balaban J connectivity index is 2.41. The van der Waals surface area contributed by atoms with Gasteiger partial charge >= 0.3 is 5.97 Å². The maximum atomic E-state index is 11.7. The van der Waals surface area contributed by atoms with E-state index in [0.29, 0.717) is 18.4 Å². The molecule has 0 spiro atoms. The highest BCUT2D eigenvalue weighted by Gasteiger charge is 2.16. The second kappa shape index (κ2) is 9.34. The van der Waals surface area contributed by atoms with Gasteiger partial charge in [0.25, 0.3) is 5.91 Å². The van der Waals surface area contributed by atoms with Crippen molar-refractivity contribution in [2.45, 2.75) is 26.3 Å². The Bertz CT molecular complexity index is 568. The van der Waals surface area contributed by atoms with Crippen LogP contribution in [-0.4, -0.2) is 43.3 Å². The lowest BCUT2D eigenvalue weighted by Gasteiger charge is -2.13. The molecule has 7 nitrogen and oxygen atoms in total. The van der Waals surface area contributed by atoms with Gasteiger partial charge in [-0.25, -0.2) is 4.79 Å². The predicted octanol–water partition coefficient (Wildman–Crippen LogP) is 0.687. The zero-order chi connectivity index (χ0) is 17.2. The molecule has 1 atom stereocenters. The van der Waals surface area contributed by atoms with E-state index in [1.165, 1.54) is 24.3 Å². The van der Waals surface area contributed by atoms with Crippen molar-refractivity contribution in [1.82, 2.24) is 10.6 Å². The molecule has 0 aliphatic rings. The van der Waals surface area contributed by atoms with Crippen molar-refractivity contribution in [1.29, 1.82) is 0 Å². The lowest BCUT2D eigenvalue weighted by molar-refractivity contribution is -0.130.